The molecule has 0 bridgehead atoms. The summed E-state index contributed by atoms with van der Waals surface area (Å²) in [4.78, 5) is 11.6. The van der Waals surface area contributed by atoms with E-state index in [1.807, 2.05) is 20.8 Å². The molecule has 5 N–H and O–H groups in total. The van der Waals surface area contributed by atoms with Crippen molar-refractivity contribution in [2.24, 2.45) is 11.5 Å². The van der Waals surface area contributed by atoms with E-state index in [1.54, 1.807) is 0 Å². The average Bonchev–Trinajstić information content (AvgIpc) is 2.11. The first-order chi connectivity index (χ1) is 7.67. The Balaban J connectivity index is 4.96. The molecule has 98 valence electrons. The van der Waals surface area contributed by atoms with E-state index in [1.165, 1.54) is 13.2 Å². The van der Waals surface area contributed by atoms with Gasteiger partial charge in [0.2, 0.25) is 0 Å². The van der Waals surface area contributed by atoms with Crippen LogP contribution in [0.15, 0.2) is 22.6 Å². The lowest BCUT2D eigenvalue weighted by atomic mass is 10.1. The molecule has 0 aromatic carbocycles. The first-order valence-corrected chi connectivity index (χ1v) is 5.48. The van der Waals surface area contributed by atoms with Crippen LogP contribution >= 0.6 is 11.6 Å². The maximum Gasteiger partial charge on any atom is 0.191 e. The fourth-order valence-electron chi connectivity index (χ4n) is 1.12. The number of hydrogen-bond acceptors (Lipinski definition) is 5. The number of rotatable bonds is 5. The summed E-state index contributed by atoms with van der Waals surface area (Å²) >= 11 is 5.64. The van der Waals surface area contributed by atoms with Gasteiger partial charge >= 0.3 is 0 Å². The van der Waals surface area contributed by atoms with Crippen LogP contribution in [0.2, 0.25) is 0 Å². The van der Waals surface area contributed by atoms with Crippen LogP contribution in [0.25, 0.3) is 0 Å². The fraction of sp³-hybridized carbons (Fsp3) is 0.545. The normalized spacial score (nSPS) is 14.3. The van der Waals surface area contributed by atoms with Crippen molar-refractivity contribution in [1.29, 1.82) is 0 Å². The van der Waals surface area contributed by atoms with E-state index in [0.717, 1.165) is 0 Å². The third-order valence-corrected chi connectivity index (χ3v) is 1.86. The minimum Gasteiger partial charge on any atom is -0.389 e. The second-order valence-electron chi connectivity index (χ2n) is 4.59. The predicted octanol–water partition coefficient (Wildman–Crippen LogP) is 0.799. The van der Waals surface area contributed by atoms with Crippen molar-refractivity contribution < 1.29 is 9.53 Å². The van der Waals surface area contributed by atoms with Gasteiger partial charge in [-0.25, -0.2) is 0 Å². The summed E-state index contributed by atoms with van der Waals surface area (Å²) in [7, 11) is 1.42. The number of carbonyl (C=O) groups is 1. The molecule has 0 atom stereocenters. The minimum absolute atomic E-state index is 0.0952. The molecule has 0 rings (SSSR count). The summed E-state index contributed by atoms with van der Waals surface area (Å²) in [6.45, 7) is 5.73. The molecule has 5 nitrogen and oxygen atoms in total. The summed E-state index contributed by atoms with van der Waals surface area (Å²) in [5.74, 6) is -0.000729. The molecule has 0 aliphatic heterocycles. The number of methoxy groups -OCH3 is 1. The Labute approximate surface area is 107 Å². The zero-order valence-corrected chi connectivity index (χ0v) is 11.4. The Morgan fingerprint density at radius 3 is 2.29 bits per heavy atom. The molecule has 0 unspecified atom stereocenters. The smallest absolute Gasteiger partial charge is 0.191 e. The molecule has 0 fully saturated rings. The lowest BCUT2D eigenvalue weighted by Gasteiger charge is -2.22. The molecule has 17 heavy (non-hydrogen) atoms. The van der Waals surface area contributed by atoms with Crippen LogP contribution < -0.4 is 16.8 Å². The second-order valence-corrected chi connectivity index (χ2v) is 5.00. The number of halogens is 1. The second kappa shape index (κ2) is 6.51. The number of nitrogens with two attached hydrogens (primary N) is 2. The molecule has 0 aliphatic carbocycles. The van der Waals surface area contributed by atoms with Gasteiger partial charge in [-0.05, 0) is 26.8 Å². The number of Topliss-reactive ketones (excluding diaryl/α,β-unsaturated/α-hetero) is 1. The molecule has 0 amide bonds. The third-order valence-electron chi connectivity index (χ3n) is 1.65. The van der Waals surface area contributed by atoms with Gasteiger partial charge in [-0.2, -0.15) is 0 Å². The third kappa shape index (κ3) is 6.86. The van der Waals surface area contributed by atoms with E-state index >= 15 is 0 Å². The molecular weight excluding hydrogens is 242 g/mol. The highest BCUT2D eigenvalue weighted by atomic mass is 35.5. The number of nitrogens with one attached hydrogen (secondary N) is 1. The number of ether oxygens (including phenoxy) is 1. The molecule has 0 aliphatic rings. The van der Waals surface area contributed by atoms with Crippen molar-refractivity contribution in [2.45, 2.75) is 26.3 Å². The Kier molecular flexibility index (Phi) is 6.05. The molecule has 0 saturated heterocycles. The topological polar surface area (TPSA) is 90.4 Å². The van der Waals surface area contributed by atoms with Crippen molar-refractivity contribution in [3.05, 3.63) is 22.6 Å². The van der Waals surface area contributed by atoms with Gasteiger partial charge in [-0.1, -0.05) is 11.6 Å². The van der Waals surface area contributed by atoms with Crippen LogP contribution in [0, 0.1) is 0 Å². The fourth-order valence-corrected chi connectivity index (χ4v) is 1.28. The van der Waals surface area contributed by atoms with Crippen molar-refractivity contribution in [1.82, 2.24) is 5.32 Å². The summed E-state index contributed by atoms with van der Waals surface area (Å²) in [6.07, 6.45) is 1.41. The number of carbonyl (C=O) groups excluding carboxylic acids is 1. The summed E-state index contributed by atoms with van der Waals surface area (Å²) in [5, 5.41) is 2.89. The van der Waals surface area contributed by atoms with E-state index in [0.29, 0.717) is 5.82 Å². The lowest BCUT2D eigenvalue weighted by Crippen LogP contribution is -2.38. The molecule has 0 spiro atoms. The predicted molar refractivity (Wildman–Crippen MR) is 69.1 cm³/mol. The first kappa shape index (κ1) is 15.8. The maximum absolute atomic E-state index is 11.6. The molecule has 0 aromatic rings. The monoisotopic (exact) mass is 261 g/mol. The van der Waals surface area contributed by atoms with Gasteiger partial charge in [0, 0.05) is 12.6 Å². The Morgan fingerprint density at radius 1 is 1.41 bits per heavy atom. The van der Waals surface area contributed by atoms with Crippen molar-refractivity contribution >= 4 is 17.4 Å². The summed E-state index contributed by atoms with van der Waals surface area (Å²) < 4.78 is 4.73. The van der Waals surface area contributed by atoms with Gasteiger partial charge in [-0.15, -0.1) is 0 Å². The van der Waals surface area contributed by atoms with Crippen molar-refractivity contribution in [3.63, 3.8) is 0 Å². The van der Waals surface area contributed by atoms with Crippen molar-refractivity contribution in [2.75, 3.05) is 13.7 Å². The van der Waals surface area contributed by atoms with Crippen LogP contribution in [0.1, 0.15) is 20.8 Å². The highest BCUT2D eigenvalue weighted by Crippen LogP contribution is 2.09. The number of hydrogen-bond donors (Lipinski definition) is 3. The van der Waals surface area contributed by atoms with E-state index in [2.05, 4.69) is 5.32 Å². The lowest BCUT2D eigenvalue weighted by molar-refractivity contribution is -0.118. The quantitative estimate of drug-likeness (QED) is 0.387. The summed E-state index contributed by atoms with van der Waals surface area (Å²) in [5.41, 5.74) is 11.1. The Hall–Kier alpha value is -1.20. The van der Waals surface area contributed by atoms with Gasteiger partial charge in [0.25, 0.3) is 0 Å². The highest BCUT2D eigenvalue weighted by Gasteiger charge is 2.14. The first-order valence-electron chi connectivity index (χ1n) is 5.10. The zero-order chi connectivity index (χ0) is 13.6. The van der Waals surface area contributed by atoms with Crippen LogP contribution in [-0.4, -0.2) is 25.0 Å². The SMILES string of the molecule is COCC(=O)C(/C=C(\N)NC(C)(C)C)=C(/N)Cl. The molecular formula is C11H20ClN3O2. The highest BCUT2D eigenvalue weighted by molar-refractivity contribution is 6.31. The maximum atomic E-state index is 11.6. The van der Waals surface area contributed by atoms with Gasteiger partial charge in [0.05, 0.1) is 11.4 Å². The van der Waals surface area contributed by atoms with Crippen LogP contribution in [-0.2, 0) is 9.53 Å². The number of allylic oxidation sites excluding steroid dienone is 1. The van der Waals surface area contributed by atoms with E-state index in [-0.39, 0.29) is 28.7 Å². The van der Waals surface area contributed by atoms with Gasteiger partial charge < -0.3 is 21.5 Å². The molecule has 0 heterocycles. The number of ketones is 1. The minimum atomic E-state index is -0.321. The van der Waals surface area contributed by atoms with Crippen LogP contribution in [0.4, 0.5) is 0 Å². The summed E-state index contributed by atoms with van der Waals surface area (Å²) in [6, 6.07) is 0. The zero-order valence-electron chi connectivity index (χ0n) is 10.6. The van der Waals surface area contributed by atoms with Crippen LogP contribution in [0.5, 0.6) is 0 Å². The molecule has 0 aromatic heterocycles. The van der Waals surface area contributed by atoms with Crippen LogP contribution in [0.3, 0.4) is 0 Å². The van der Waals surface area contributed by atoms with E-state index < -0.39 is 0 Å². The molecule has 0 saturated carbocycles. The Morgan fingerprint density at radius 2 is 1.94 bits per heavy atom. The van der Waals surface area contributed by atoms with Gasteiger partial charge in [0.15, 0.2) is 5.78 Å². The Bertz CT molecular complexity index is 339. The molecule has 0 radical (unpaired) electrons. The standard InChI is InChI=1S/C11H20ClN3O2/c1-11(2,3)15-9(13)5-7(10(12)14)8(16)6-17-4/h5,15H,6,13-14H2,1-4H3/b9-5+,10-7+. The van der Waals surface area contributed by atoms with Gasteiger partial charge in [-0.3, -0.25) is 4.79 Å². The largest absolute Gasteiger partial charge is 0.389 e. The van der Waals surface area contributed by atoms with Crippen molar-refractivity contribution in [3.8, 4) is 0 Å². The molecule has 6 heteroatoms. The van der Waals surface area contributed by atoms with E-state index in [4.69, 9.17) is 27.8 Å². The van der Waals surface area contributed by atoms with E-state index in [9.17, 15) is 4.79 Å². The average molecular weight is 262 g/mol. The van der Waals surface area contributed by atoms with Gasteiger partial charge in [0.1, 0.15) is 11.8 Å².